The van der Waals surface area contributed by atoms with Gasteiger partial charge in [-0.05, 0) is 26.3 Å². The molecule has 0 saturated heterocycles. The van der Waals surface area contributed by atoms with Gasteiger partial charge in [0.25, 0.3) is 0 Å². The zero-order valence-electron chi connectivity index (χ0n) is 17.9. The first-order chi connectivity index (χ1) is 13.5. The summed E-state index contributed by atoms with van der Waals surface area (Å²) in [7, 11) is 1.26. The molecular weight excluding hydrogens is 376 g/mol. The Bertz CT molecular complexity index is 671. The van der Waals surface area contributed by atoms with Crippen molar-refractivity contribution in [2.75, 3.05) is 33.3 Å². The predicted molar refractivity (Wildman–Crippen MR) is 108 cm³/mol. The topological polar surface area (TPSA) is 96.4 Å². The van der Waals surface area contributed by atoms with Gasteiger partial charge in [-0.2, -0.15) is 0 Å². The third-order valence-corrected chi connectivity index (χ3v) is 4.09. The number of ether oxygens (including phenoxy) is 2. The van der Waals surface area contributed by atoms with E-state index in [1.807, 2.05) is 35.2 Å². The van der Waals surface area contributed by atoms with Gasteiger partial charge < -0.3 is 14.6 Å². The predicted octanol–water partition coefficient (Wildman–Crippen LogP) is 2.62. The lowest BCUT2D eigenvalue weighted by Gasteiger charge is -2.30. The van der Waals surface area contributed by atoms with E-state index in [-0.39, 0.29) is 13.1 Å². The first-order valence-electron chi connectivity index (χ1n) is 9.55. The molecule has 0 aliphatic carbocycles. The molecule has 0 radical (unpaired) electrons. The molecule has 162 valence electrons. The first-order valence-corrected chi connectivity index (χ1v) is 9.55. The van der Waals surface area contributed by atoms with Crippen LogP contribution in [0.3, 0.4) is 0 Å². The second-order valence-corrected chi connectivity index (χ2v) is 7.94. The summed E-state index contributed by atoms with van der Waals surface area (Å²) in [5.41, 5.74) is 0.328. The van der Waals surface area contributed by atoms with Gasteiger partial charge in [-0.3, -0.25) is 19.4 Å². The number of hydrogen-bond donors (Lipinski definition) is 1. The van der Waals surface area contributed by atoms with Crippen molar-refractivity contribution in [3.63, 3.8) is 0 Å². The van der Waals surface area contributed by atoms with Crippen molar-refractivity contribution in [3.05, 3.63) is 35.9 Å². The van der Waals surface area contributed by atoms with Gasteiger partial charge in [0.2, 0.25) is 0 Å². The van der Waals surface area contributed by atoms with Gasteiger partial charge in [-0.15, -0.1) is 0 Å². The number of aliphatic carboxylic acids is 1. The molecule has 1 amide bonds. The number of carboxylic acids is 1. The van der Waals surface area contributed by atoms with E-state index in [4.69, 9.17) is 4.74 Å². The number of methoxy groups -OCH3 is 1. The Hall–Kier alpha value is -2.61. The number of hydrogen-bond acceptors (Lipinski definition) is 6. The van der Waals surface area contributed by atoms with E-state index in [1.54, 1.807) is 27.7 Å². The van der Waals surface area contributed by atoms with Gasteiger partial charge in [0.1, 0.15) is 12.1 Å². The standard InChI is InChI=1S/C21H32N2O6/c1-16(19(25)26)13-22(14-17-9-7-6-8-10-17)11-12-23(15-18(24)28-5)20(27)29-21(2,3)4/h6-10,16H,11-15H2,1-5H3,(H,25,26)/t16-/m0/s1. The Kier molecular flexibility index (Phi) is 9.61. The number of esters is 1. The summed E-state index contributed by atoms with van der Waals surface area (Å²) in [6.45, 7) is 8.06. The van der Waals surface area contributed by atoms with Crippen LogP contribution in [0.25, 0.3) is 0 Å². The lowest BCUT2D eigenvalue weighted by Crippen LogP contribution is -2.44. The molecule has 1 N–H and O–H groups in total. The fourth-order valence-electron chi connectivity index (χ4n) is 2.59. The van der Waals surface area contributed by atoms with Crippen molar-refractivity contribution < 1.29 is 29.0 Å². The van der Waals surface area contributed by atoms with Crippen molar-refractivity contribution in [3.8, 4) is 0 Å². The lowest BCUT2D eigenvalue weighted by molar-refractivity contribution is -0.142. The van der Waals surface area contributed by atoms with Crippen LogP contribution in [0, 0.1) is 5.92 Å². The maximum absolute atomic E-state index is 12.5. The summed E-state index contributed by atoms with van der Waals surface area (Å²) < 4.78 is 10.1. The van der Waals surface area contributed by atoms with Crippen LogP contribution in [0.15, 0.2) is 30.3 Å². The first kappa shape index (κ1) is 24.4. The molecule has 0 aromatic heterocycles. The summed E-state index contributed by atoms with van der Waals surface area (Å²) in [5.74, 6) is -2.01. The Balaban J connectivity index is 2.89. The maximum Gasteiger partial charge on any atom is 0.410 e. The van der Waals surface area contributed by atoms with Gasteiger partial charge in [0.05, 0.1) is 13.0 Å². The number of amides is 1. The Morgan fingerprint density at radius 3 is 2.24 bits per heavy atom. The van der Waals surface area contributed by atoms with Crippen molar-refractivity contribution >= 4 is 18.0 Å². The average molecular weight is 408 g/mol. The molecule has 0 spiro atoms. The number of carboxylic acid groups (broad SMARTS) is 1. The maximum atomic E-state index is 12.5. The third-order valence-electron chi connectivity index (χ3n) is 4.09. The Morgan fingerprint density at radius 2 is 1.72 bits per heavy atom. The molecule has 8 heteroatoms. The number of carbonyl (C=O) groups excluding carboxylic acids is 2. The normalized spacial score (nSPS) is 12.3. The summed E-state index contributed by atoms with van der Waals surface area (Å²) >= 11 is 0. The van der Waals surface area contributed by atoms with E-state index in [1.165, 1.54) is 12.0 Å². The molecule has 0 bridgehead atoms. The van der Waals surface area contributed by atoms with Crippen LogP contribution in [0.4, 0.5) is 4.79 Å². The minimum Gasteiger partial charge on any atom is -0.481 e. The number of rotatable bonds is 10. The highest BCUT2D eigenvalue weighted by Crippen LogP contribution is 2.12. The molecule has 1 rings (SSSR count). The molecular formula is C21H32N2O6. The molecule has 29 heavy (non-hydrogen) atoms. The van der Waals surface area contributed by atoms with E-state index in [9.17, 15) is 19.5 Å². The number of nitrogens with zero attached hydrogens (tertiary/aromatic N) is 2. The molecule has 0 heterocycles. The number of carbonyl (C=O) groups is 3. The highest BCUT2D eigenvalue weighted by molar-refractivity contribution is 5.78. The summed E-state index contributed by atoms with van der Waals surface area (Å²) in [4.78, 5) is 38.8. The van der Waals surface area contributed by atoms with Gasteiger partial charge in [0, 0.05) is 26.2 Å². The molecule has 1 atom stereocenters. The molecule has 1 aromatic carbocycles. The molecule has 0 unspecified atom stereocenters. The van der Waals surface area contributed by atoms with Gasteiger partial charge >= 0.3 is 18.0 Å². The summed E-state index contributed by atoms with van der Waals surface area (Å²) in [6.07, 6.45) is -0.617. The average Bonchev–Trinajstić information content (AvgIpc) is 2.63. The van der Waals surface area contributed by atoms with E-state index in [2.05, 4.69) is 4.74 Å². The minimum absolute atomic E-state index is 0.198. The zero-order chi connectivity index (χ0) is 22.0. The van der Waals surface area contributed by atoms with Crippen molar-refractivity contribution in [1.82, 2.24) is 9.80 Å². The molecule has 8 nitrogen and oxygen atoms in total. The molecule has 0 saturated carbocycles. The third kappa shape index (κ3) is 9.94. The second kappa shape index (κ2) is 11.4. The molecule has 1 aromatic rings. The van der Waals surface area contributed by atoms with Crippen LogP contribution in [-0.2, 0) is 25.6 Å². The van der Waals surface area contributed by atoms with Gasteiger partial charge in [0.15, 0.2) is 0 Å². The SMILES string of the molecule is COC(=O)CN(CCN(Cc1ccccc1)C[C@H](C)C(=O)O)C(=O)OC(C)(C)C. The minimum atomic E-state index is -0.887. The van der Waals surface area contributed by atoms with Crippen LogP contribution in [0.5, 0.6) is 0 Å². The Labute approximate surface area is 172 Å². The van der Waals surface area contributed by atoms with Gasteiger partial charge in [-0.25, -0.2) is 4.79 Å². The number of benzene rings is 1. The molecule has 0 aliphatic heterocycles. The highest BCUT2D eigenvalue weighted by atomic mass is 16.6. The van der Waals surface area contributed by atoms with Crippen LogP contribution >= 0.6 is 0 Å². The smallest absolute Gasteiger partial charge is 0.410 e. The molecule has 0 fully saturated rings. The van der Waals surface area contributed by atoms with Crippen molar-refractivity contribution in [2.24, 2.45) is 5.92 Å². The van der Waals surface area contributed by atoms with Gasteiger partial charge in [-0.1, -0.05) is 37.3 Å². The van der Waals surface area contributed by atoms with Crippen LogP contribution in [-0.4, -0.2) is 71.8 Å². The van der Waals surface area contributed by atoms with Crippen molar-refractivity contribution in [1.29, 1.82) is 0 Å². The van der Waals surface area contributed by atoms with E-state index < -0.39 is 29.6 Å². The highest BCUT2D eigenvalue weighted by Gasteiger charge is 2.25. The summed E-state index contributed by atoms with van der Waals surface area (Å²) in [5, 5.41) is 9.27. The Morgan fingerprint density at radius 1 is 1.10 bits per heavy atom. The van der Waals surface area contributed by atoms with Crippen molar-refractivity contribution in [2.45, 2.75) is 39.8 Å². The van der Waals surface area contributed by atoms with Crippen LogP contribution < -0.4 is 0 Å². The summed E-state index contributed by atoms with van der Waals surface area (Å²) in [6, 6.07) is 9.65. The monoisotopic (exact) mass is 408 g/mol. The fourth-order valence-corrected chi connectivity index (χ4v) is 2.59. The quantitative estimate of drug-likeness (QED) is 0.595. The van der Waals surface area contributed by atoms with E-state index in [0.717, 1.165) is 5.56 Å². The van der Waals surface area contributed by atoms with E-state index in [0.29, 0.717) is 19.6 Å². The molecule has 0 aliphatic rings. The lowest BCUT2D eigenvalue weighted by atomic mass is 10.1. The zero-order valence-corrected chi connectivity index (χ0v) is 17.9. The van der Waals surface area contributed by atoms with Crippen LogP contribution in [0.2, 0.25) is 0 Å². The second-order valence-electron chi connectivity index (χ2n) is 7.94. The fraction of sp³-hybridized carbons (Fsp3) is 0.571. The van der Waals surface area contributed by atoms with E-state index >= 15 is 0 Å². The largest absolute Gasteiger partial charge is 0.481 e. The van der Waals surface area contributed by atoms with Crippen LogP contribution in [0.1, 0.15) is 33.3 Å².